The number of nitrogen functional groups attached to an aromatic ring is 1. The van der Waals surface area contributed by atoms with E-state index in [9.17, 15) is 19.4 Å². The second-order valence-corrected chi connectivity index (χ2v) is 7.53. The molecule has 0 fully saturated rings. The van der Waals surface area contributed by atoms with Gasteiger partial charge in [0.1, 0.15) is 23.1 Å². The summed E-state index contributed by atoms with van der Waals surface area (Å²) in [5, 5.41) is 18.8. The molecule has 2 atom stereocenters. The van der Waals surface area contributed by atoms with Crippen molar-refractivity contribution in [2.45, 2.75) is 16.2 Å². The van der Waals surface area contributed by atoms with Crippen LogP contribution in [0.4, 0.5) is 10.1 Å². The number of aliphatic hydroxyl groups is 1. The molecule has 0 aromatic heterocycles. The molecule has 3 rings (SSSR count). The summed E-state index contributed by atoms with van der Waals surface area (Å²) in [5.41, 5.74) is 7.08. The SMILES string of the molecule is COc1ccc([C@H](Sc2cc(Oc3ccc(F)cc3)ccc2N)C(O)C(=O)O)cc1. The lowest BCUT2D eigenvalue weighted by Gasteiger charge is -2.21. The van der Waals surface area contributed by atoms with E-state index in [2.05, 4.69) is 0 Å². The number of nitrogens with two attached hydrogens (primary N) is 1. The van der Waals surface area contributed by atoms with E-state index in [0.717, 1.165) is 11.8 Å². The first-order valence-corrected chi connectivity index (χ1v) is 9.80. The van der Waals surface area contributed by atoms with E-state index in [-0.39, 0.29) is 5.82 Å². The van der Waals surface area contributed by atoms with Crippen molar-refractivity contribution in [2.75, 3.05) is 12.8 Å². The Bertz CT molecular complexity index is 1010. The number of carbonyl (C=O) groups is 1. The number of rotatable bonds is 8. The summed E-state index contributed by atoms with van der Waals surface area (Å²) in [7, 11) is 1.53. The standard InChI is InChI=1S/C22H20FNO5S/c1-28-15-6-2-13(3-7-15)21(20(25)22(26)27)30-19-12-17(10-11-18(19)24)29-16-8-4-14(23)5-9-16/h2-12,20-21,25H,24H2,1H3,(H,26,27)/t20?,21-/m0/s1. The summed E-state index contributed by atoms with van der Waals surface area (Å²) in [5.74, 6) is -0.228. The number of carboxylic acids is 1. The fraction of sp³-hybridized carbons (Fsp3) is 0.136. The van der Waals surface area contributed by atoms with Gasteiger partial charge in [0.05, 0.1) is 12.4 Å². The van der Waals surface area contributed by atoms with Gasteiger partial charge in [-0.15, -0.1) is 11.8 Å². The van der Waals surface area contributed by atoms with Gasteiger partial charge < -0.3 is 25.4 Å². The van der Waals surface area contributed by atoms with Crippen LogP contribution in [0, 0.1) is 5.82 Å². The smallest absolute Gasteiger partial charge is 0.334 e. The zero-order chi connectivity index (χ0) is 21.7. The second-order valence-electron chi connectivity index (χ2n) is 6.35. The van der Waals surface area contributed by atoms with E-state index >= 15 is 0 Å². The van der Waals surface area contributed by atoms with Crippen molar-refractivity contribution in [3.63, 3.8) is 0 Å². The van der Waals surface area contributed by atoms with Crippen LogP contribution in [-0.2, 0) is 4.79 Å². The minimum Gasteiger partial charge on any atom is -0.497 e. The van der Waals surface area contributed by atoms with Crippen LogP contribution in [0.1, 0.15) is 10.8 Å². The summed E-state index contributed by atoms with van der Waals surface area (Å²) in [6, 6.07) is 17.2. The number of methoxy groups -OCH3 is 1. The maximum absolute atomic E-state index is 13.1. The van der Waals surface area contributed by atoms with Crippen LogP contribution in [0.3, 0.4) is 0 Å². The van der Waals surface area contributed by atoms with Crippen LogP contribution < -0.4 is 15.2 Å². The minimum atomic E-state index is -1.66. The number of carboxylic acid groups (broad SMARTS) is 1. The first-order valence-electron chi connectivity index (χ1n) is 8.92. The normalized spacial score (nSPS) is 12.8. The van der Waals surface area contributed by atoms with Gasteiger partial charge in [0.2, 0.25) is 0 Å². The summed E-state index contributed by atoms with van der Waals surface area (Å²) in [4.78, 5) is 12.0. The predicted octanol–water partition coefficient (Wildman–Crippen LogP) is 4.49. The van der Waals surface area contributed by atoms with Crippen molar-refractivity contribution >= 4 is 23.4 Å². The summed E-state index contributed by atoms with van der Waals surface area (Å²) in [6.45, 7) is 0. The van der Waals surface area contributed by atoms with Crippen LogP contribution in [0.25, 0.3) is 0 Å². The number of hydrogen-bond donors (Lipinski definition) is 3. The van der Waals surface area contributed by atoms with Crippen molar-refractivity contribution < 1.29 is 28.9 Å². The lowest BCUT2D eigenvalue weighted by Crippen LogP contribution is -2.26. The van der Waals surface area contributed by atoms with Gasteiger partial charge in [-0.3, -0.25) is 0 Å². The largest absolute Gasteiger partial charge is 0.497 e. The Balaban J connectivity index is 1.89. The molecule has 8 heteroatoms. The fourth-order valence-electron chi connectivity index (χ4n) is 2.69. The molecule has 3 aromatic carbocycles. The van der Waals surface area contributed by atoms with Crippen molar-refractivity contribution in [3.05, 3.63) is 78.1 Å². The Hall–Kier alpha value is -3.23. The zero-order valence-electron chi connectivity index (χ0n) is 16.0. The molecule has 4 N–H and O–H groups in total. The summed E-state index contributed by atoms with van der Waals surface area (Å²) < 4.78 is 23.9. The Labute approximate surface area is 177 Å². The van der Waals surface area contributed by atoms with Gasteiger partial charge in [-0.25, -0.2) is 9.18 Å². The van der Waals surface area contributed by atoms with Crippen LogP contribution in [0.5, 0.6) is 17.2 Å². The van der Waals surface area contributed by atoms with E-state index in [1.807, 2.05) is 0 Å². The first kappa shape index (κ1) is 21.5. The number of aliphatic hydroxyl groups excluding tert-OH is 1. The molecule has 1 unspecified atom stereocenters. The number of benzene rings is 3. The van der Waals surface area contributed by atoms with Crippen LogP contribution in [0.2, 0.25) is 0 Å². The molecule has 0 radical (unpaired) electrons. The quantitative estimate of drug-likeness (QED) is 0.358. The fourth-order valence-corrected chi connectivity index (χ4v) is 3.89. The highest BCUT2D eigenvalue weighted by molar-refractivity contribution is 7.99. The molecule has 0 amide bonds. The molecule has 0 heterocycles. The first-order chi connectivity index (χ1) is 14.4. The zero-order valence-corrected chi connectivity index (χ0v) is 16.8. The third-order valence-electron chi connectivity index (χ3n) is 4.27. The van der Waals surface area contributed by atoms with Gasteiger partial charge >= 0.3 is 5.97 Å². The molecule has 156 valence electrons. The van der Waals surface area contributed by atoms with Crippen LogP contribution >= 0.6 is 11.8 Å². The monoisotopic (exact) mass is 429 g/mol. The molecule has 0 saturated heterocycles. The third-order valence-corrected chi connectivity index (χ3v) is 5.66. The molecule has 0 aliphatic carbocycles. The van der Waals surface area contributed by atoms with Crippen molar-refractivity contribution in [3.8, 4) is 17.2 Å². The lowest BCUT2D eigenvalue weighted by molar-refractivity contribution is -0.146. The number of thioether (sulfide) groups is 1. The number of ether oxygens (including phenoxy) is 2. The maximum atomic E-state index is 13.1. The molecular formula is C22H20FNO5S. The van der Waals surface area contributed by atoms with E-state index in [1.165, 1.54) is 31.4 Å². The van der Waals surface area contributed by atoms with Gasteiger partial charge in [0, 0.05) is 10.6 Å². The van der Waals surface area contributed by atoms with E-state index in [1.54, 1.807) is 42.5 Å². The highest BCUT2D eigenvalue weighted by Gasteiger charge is 2.29. The molecule has 0 saturated carbocycles. The predicted molar refractivity (Wildman–Crippen MR) is 113 cm³/mol. The summed E-state index contributed by atoms with van der Waals surface area (Å²) >= 11 is 1.11. The number of aliphatic carboxylic acids is 1. The van der Waals surface area contributed by atoms with Gasteiger partial charge in [-0.1, -0.05) is 12.1 Å². The molecule has 0 bridgehead atoms. The summed E-state index contributed by atoms with van der Waals surface area (Å²) in [6.07, 6.45) is -1.66. The van der Waals surface area contributed by atoms with E-state index in [4.69, 9.17) is 15.2 Å². The van der Waals surface area contributed by atoms with Gasteiger partial charge in [-0.2, -0.15) is 0 Å². The van der Waals surface area contributed by atoms with Crippen molar-refractivity contribution in [1.82, 2.24) is 0 Å². The van der Waals surface area contributed by atoms with Gasteiger partial charge in [0.25, 0.3) is 0 Å². The average Bonchev–Trinajstić information content (AvgIpc) is 2.75. The molecule has 0 aliphatic rings. The Kier molecular flexibility index (Phi) is 6.81. The average molecular weight is 429 g/mol. The minimum absolute atomic E-state index is 0.374. The number of hydrogen-bond acceptors (Lipinski definition) is 6. The highest BCUT2D eigenvalue weighted by Crippen LogP contribution is 2.42. The topological polar surface area (TPSA) is 102 Å². The number of anilines is 1. The van der Waals surface area contributed by atoms with Crippen molar-refractivity contribution in [2.24, 2.45) is 0 Å². The lowest BCUT2D eigenvalue weighted by atomic mass is 10.1. The van der Waals surface area contributed by atoms with E-state index in [0.29, 0.717) is 33.4 Å². The van der Waals surface area contributed by atoms with Crippen molar-refractivity contribution in [1.29, 1.82) is 0 Å². The van der Waals surface area contributed by atoms with Crippen LogP contribution in [-0.4, -0.2) is 29.4 Å². The van der Waals surface area contributed by atoms with E-state index < -0.39 is 17.3 Å². The van der Waals surface area contributed by atoms with Gasteiger partial charge in [-0.05, 0) is 60.2 Å². The number of halogens is 1. The molecule has 30 heavy (non-hydrogen) atoms. The molecular weight excluding hydrogens is 409 g/mol. The molecule has 3 aromatic rings. The van der Waals surface area contributed by atoms with Crippen LogP contribution in [0.15, 0.2) is 71.6 Å². The Morgan fingerprint density at radius 3 is 2.20 bits per heavy atom. The molecule has 0 aliphatic heterocycles. The second kappa shape index (κ2) is 9.51. The highest BCUT2D eigenvalue weighted by atomic mass is 32.2. The van der Waals surface area contributed by atoms with Gasteiger partial charge in [0.15, 0.2) is 6.10 Å². The Morgan fingerprint density at radius 2 is 1.60 bits per heavy atom. The molecule has 0 spiro atoms. The maximum Gasteiger partial charge on any atom is 0.334 e. The third kappa shape index (κ3) is 5.22. The Morgan fingerprint density at radius 1 is 1.00 bits per heavy atom. The molecule has 6 nitrogen and oxygen atoms in total.